The maximum absolute atomic E-state index is 17.6. The number of carbonyl (C=O) groups excluding carboxylic acids is 4. The Labute approximate surface area is 869 Å². The number of carbonyl (C=O) groups is 4. The fourth-order valence-corrected chi connectivity index (χ4v) is 22.4. The number of fused-ring (bicyclic) bond motifs is 15. The summed E-state index contributed by atoms with van der Waals surface area (Å²) in [5.74, 6) is -14.0. The summed E-state index contributed by atoms with van der Waals surface area (Å²) in [5.41, 5.74) is 13.3. The number of ether oxygens (including phenoxy) is 1. The molecule has 0 aliphatic carbocycles. The monoisotopic (exact) mass is 2140 g/mol. The van der Waals surface area contributed by atoms with Crippen LogP contribution in [0.3, 0.4) is 0 Å². The maximum Gasteiger partial charge on any atom is 0.300 e. The van der Waals surface area contributed by atoms with Gasteiger partial charge in [0.15, 0.2) is 34.9 Å². The first-order valence-corrected chi connectivity index (χ1v) is 49.8. The van der Waals surface area contributed by atoms with Gasteiger partial charge in [0.2, 0.25) is 23.5 Å². The highest BCUT2D eigenvalue weighted by Crippen LogP contribution is 2.54. The Hall–Kier alpha value is -13.0. The molecule has 0 saturated carbocycles. The molecule has 6 aromatic carbocycles. The number of aromatic nitrogens is 9. The molecule has 6 aliphatic heterocycles. The Balaban J connectivity index is 0.000000158. The number of hydrogen-bond acceptors (Lipinski definition) is 20. The van der Waals surface area contributed by atoms with Gasteiger partial charge in [-0.15, -0.1) is 0 Å². The standard InChI is InChI=1S/C35H34Cl2F3N7O3.C35H35Cl2F3N6O3.C35H35Cl2F3N6O2/c1-8-22(48)45-12-21-34(49)44(7)33-31(46(21)11-16(45)6)17-9-20(38)23(24-25(39)18(36)10-19(37)27(24)41)26(40)30(17)47(35(33)50)32-28(14(2)3)42-13-43-29(32)15(4)5;1-7-23(47)44-13-18-8-9-49-34-32(45(18)12-17(44)6)19-10-22(38)24(25-26(39)20(36)11-21(37)28(25)41)27(40)31(19)46(35(34)48)33-29(15(2)3)42-14-43-30(33)16(4)5;1-7-24(47)44-13-18-8-9-19-32(45(18)12-17(44)6)20-10-23(38)25(26-27(39)21(36)11-22(37)29(26)41)28(40)33(20)46(35(19)48)34-30(15(2)3)42-14-43-31(34)16(4)5/h8-10,13-16,21H,1,11-12,41H2,2-7H3;7,10-11,14-18H,1,8-9,12-13,41H2,2-6H3;7,10-11,14-18H,1,8-9,12-13,41H2,2-6H3. The van der Waals surface area contributed by atoms with Crippen molar-refractivity contribution in [2.24, 2.45) is 0 Å². The van der Waals surface area contributed by atoms with Crippen molar-refractivity contribution in [1.82, 2.24) is 58.3 Å². The van der Waals surface area contributed by atoms with Crippen molar-refractivity contribution in [3.05, 3.63) is 247 Å². The van der Waals surface area contributed by atoms with Crippen LogP contribution >= 0.6 is 69.6 Å². The van der Waals surface area contributed by atoms with E-state index in [1.807, 2.05) is 107 Å². The minimum absolute atomic E-state index is 0.0173. The van der Waals surface area contributed by atoms with Gasteiger partial charge >= 0.3 is 0 Å². The number of pyridine rings is 3. The number of rotatable bonds is 15. The molecule has 18 rings (SSSR count). The molecule has 6 N–H and O–H groups in total. The lowest BCUT2D eigenvalue weighted by Crippen LogP contribution is -2.66. The molecule has 3 saturated heterocycles. The van der Waals surface area contributed by atoms with E-state index in [0.29, 0.717) is 71.3 Å². The Morgan fingerprint density at radius 3 is 1.03 bits per heavy atom. The van der Waals surface area contributed by atoms with Crippen LogP contribution in [0.5, 0.6) is 5.75 Å². The highest BCUT2D eigenvalue weighted by atomic mass is 35.5. The van der Waals surface area contributed by atoms with Crippen molar-refractivity contribution in [3.8, 4) is 56.2 Å². The molecule has 3 fully saturated rings. The first kappa shape index (κ1) is 107. The molecule has 4 amide bonds. The number of hydrogen-bond donors (Lipinski definition) is 3. The number of amides is 4. The van der Waals surface area contributed by atoms with Crippen molar-refractivity contribution in [3.63, 3.8) is 0 Å². The van der Waals surface area contributed by atoms with Crippen LogP contribution in [0, 0.1) is 52.4 Å². The van der Waals surface area contributed by atoms with E-state index in [2.05, 4.69) is 49.6 Å². The number of nitrogens with two attached hydrogens (primary N) is 3. The average Bonchev–Trinajstić information content (AvgIpc) is 1.08. The molecular weight excluding hydrogens is 2040 g/mol. The van der Waals surface area contributed by atoms with Crippen molar-refractivity contribution in [1.29, 1.82) is 0 Å². The molecule has 772 valence electrons. The van der Waals surface area contributed by atoms with Gasteiger partial charge in [-0.05, 0) is 124 Å². The molecule has 147 heavy (non-hydrogen) atoms. The normalized spacial score (nSPS) is 17.6. The van der Waals surface area contributed by atoms with Gasteiger partial charge in [0.05, 0.1) is 168 Å². The van der Waals surface area contributed by atoms with Crippen molar-refractivity contribution < 1.29 is 63.4 Å². The van der Waals surface area contributed by atoms with E-state index in [4.69, 9.17) is 91.5 Å². The Morgan fingerprint density at radius 2 is 0.687 bits per heavy atom. The summed E-state index contributed by atoms with van der Waals surface area (Å²) in [5, 5.41) is -2.15. The second-order valence-electron chi connectivity index (χ2n) is 39.2. The predicted molar refractivity (Wildman–Crippen MR) is 559 cm³/mol. The topological polar surface area (TPSA) is 322 Å². The number of piperazine rings is 3. The van der Waals surface area contributed by atoms with Crippen LogP contribution in [0.15, 0.2) is 108 Å². The van der Waals surface area contributed by atoms with Crippen LogP contribution in [-0.2, 0) is 25.6 Å². The minimum Gasteiger partial charge on any atom is -0.486 e. The zero-order chi connectivity index (χ0) is 107. The summed E-state index contributed by atoms with van der Waals surface area (Å²) in [6.45, 7) is 39.8. The number of anilines is 7. The number of benzene rings is 6. The predicted octanol–water partition coefficient (Wildman–Crippen LogP) is 21.5. The molecule has 6 unspecified atom stereocenters. The lowest BCUT2D eigenvalue weighted by molar-refractivity contribution is -0.131. The van der Waals surface area contributed by atoms with E-state index in [0.717, 1.165) is 56.5 Å². The third-order valence-electron chi connectivity index (χ3n) is 28.0. The second-order valence-corrected chi connectivity index (χ2v) is 41.6. The summed E-state index contributed by atoms with van der Waals surface area (Å²) in [6.07, 6.45) is 8.97. The summed E-state index contributed by atoms with van der Waals surface area (Å²) in [6, 6.07) is 3.51. The van der Waals surface area contributed by atoms with Gasteiger partial charge in [0.25, 0.3) is 22.6 Å². The molecule has 27 nitrogen and oxygen atoms in total. The van der Waals surface area contributed by atoms with Crippen LogP contribution < -0.4 is 58.2 Å². The maximum atomic E-state index is 17.6. The van der Waals surface area contributed by atoms with Gasteiger partial charge in [-0.3, -0.25) is 47.3 Å². The van der Waals surface area contributed by atoms with E-state index in [1.54, 1.807) is 21.6 Å². The molecule has 0 spiro atoms. The molecule has 0 radical (unpaired) electrons. The molecule has 6 aliphatic rings. The second kappa shape index (κ2) is 40.9. The molecular formula is C105H104Cl6F9N19O8. The number of likely N-dealkylation sites (N-methyl/N-ethyl adjacent to an activating group) is 1. The Bertz CT molecular complexity index is 7660. The van der Waals surface area contributed by atoms with E-state index in [9.17, 15) is 28.8 Å². The van der Waals surface area contributed by atoms with Crippen molar-refractivity contribution >= 4 is 166 Å². The quantitative estimate of drug-likeness (QED) is 0.0371. The summed E-state index contributed by atoms with van der Waals surface area (Å²) in [7, 11) is 1.40. The highest BCUT2D eigenvalue weighted by molar-refractivity contribution is 6.39. The lowest BCUT2D eigenvalue weighted by atomic mass is 9.89. The van der Waals surface area contributed by atoms with E-state index in [1.165, 1.54) is 47.6 Å². The molecule has 12 heterocycles. The first-order valence-electron chi connectivity index (χ1n) is 47.6. The Kier molecular flexibility index (Phi) is 29.7. The molecule has 6 aromatic heterocycles. The largest absolute Gasteiger partial charge is 0.486 e. The van der Waals surface area contributed by atoms with Gasteiger partial charge < -0.3 is 56.2 Å². The van der Waals surface area contributed by atoms with E-state index >= 15 is 44.3 Å². The van der Waals surface area contributed by atoms with Crippen LogP contribution in [0.2, 0.25) is 30.1 Å². The highest BCUT2D eigenvalue weighted by Gasteiger charge is 2.50. The molecule has 0 bridgehead atoms. The SMILES string of the molecule is C=CC(=O)N1CC2C(=O)N(C)c3c(c4cc(F)c(-c5c(N)c(Cl)cc(Cl)c5F)c(F)c4n(-c4c(C(C)C)ncnc4C(C)C)c3=O)N2CC1C.C=CC(=O)N1CC2CCOc3c(c4cc(F)c(-c5c(N)c(Cl)cc(Cl)c5F)c(F)c4n(-c4c(C(C)C)ncnc4C(C)C)c3=O)N2CC1C.C=CC(=O)N1CC2CCc3c(c4cc(F)c(-c5c(N)c(Cl)cc(Cl)c5F)c(F)c4n(-c4c(C(C)C)ncnc4C(C)C)c3=O)N2CC1C. The average molecular weight is 2140 g/mol. The zero-order valence-electron chi connectivity index (χ0n) is 82.9. The summed E-state index contributed by atoms with van der Waals surface area (Å²) in [4.78, 5) is 135. The number of nitrogens with zero attached hydrogens (tertiary/aromatic N) is 16. The third-order valence-corrected chi connectivity index (χ3v) is 29.8. The van der Waals surface area contributed by atoms with Crippen LogP contribution in [-0.4, -0.2) is 171 Å². The smallest absolute Gasteiger partial charge is 0.300 e. The van der Waals surface area contributed by atoms with Crippen molar-refractivity contribution in [2.45, 2.75) is 195 Å². The lowest BCUT2D eigenvalue weighted by Gasteiger charge is -2.50. The fraction of sp³-hybridized carbons (Fsp3) is 0.362. The number of halogens is 15. The van der Waals surface area contributed by atoms with Gasteiger partial charge in [-0.25, -0.2) is 69.4 Å². The van der Waals surface area contributed by atoms with Crippen molar-refractivity contribution in [2.75, 3.05) is 89.7 Å². The summed E-state index contributed by atoms with van der Waals surface area (Å²) < 4.78 is 159. The molecule has 6 atom stereocenters. The zero-order valence-corrected chi connectivity index (χ0v) is 87.4. The van der Waals surface area contributed by atoms with Crippen LogP contribution in [0.4, 0.5) is 79.3 Å². The van der Waals surface area contributed by atoms with E-state index < -0.39 is 164 Å². The van der Waals surface area contributed by atoms with Gasteiger partial charge in [-0.1, -0.05) is 172 Å². The number of nitrogen functional groups attached to an aromatic ring is 3. The first-order chi connectivity index (χ1) is 69.4. The fourth-order valence-electron chi connectivity index (χ4n) is 21.0. The molecule has 42 heteroatoms. The Morgan fingerprint density at radius 1 is 0.381 bits per heavy atom. The van der Waals surface area contributed by atoms with Gasteiger partial charge in [0.1, 0.15) is 48.2 Å². The van der Waals surface area contributed by atoms with Gasteiger partial charge in [0, 0.05) is 109 Å². The van der Waals surface area contributed by atoms with Gasteiger partial charge in [-0.2, -0.15) is 0 Å². The van der Waals surface area contributed by atoms with Crippen LogP contribution in [0.25, 0.3) is 83.2 Å². The summed E-state index contributed by atoms with van der Waals surface area (Å²) >= 11 is 36.9. The van der Waals surface area contributed by atoms with Crippen LogP contribution in [0.1, 0.15) is 192 Å². The minimum atomic E-state index is -1.33. The van der Waals surface area contributed by atoms with E-state index in [-0.39, 0.29) is 193 Å². The molecule has 12 aromatic rings. The third kappa shape index (κ3) is 17.8.